The molecule has 2 heterocycles. The lowest BCUT2D eigenvalue weighted by atomic mass is 10.2. The van der Waals surface area contributed by atoms with Crippen LogP contribution >= 0.6 is 0 Å². The number of pyridine rings is 1. The first-order valence-electron chi connectivity index (χ1n) is 7.80. The van der Waals surface area contributed by atoms with Gasteiger partial charge in [0, 0.05) is 17.9 Å². The number of hydrogen-bond donors (Lipinski definition) is 1. The predicted molar refractivity (Wildman–Crippen MR) is 87.8 cm³/mol. The molecule has 1 fully saturated rings. The number of aromatic nitrogens is 1. The molecule has 0 radical (unpaired) electrons. The van der Waals surface area contributed by atoms with Crippen LogP contribution in [-0.4, -0.2) is 30.2 Å². The number of aryl methyl sites for hydroxylation is 1. The van der Waals surface area contributed by atoms with E-state index < -0.39 is 0 Å². The van der Waals surface area contributed by atoms with Crippen LogP contribution in [0, 0.1) is 6.92 Å². The van der Waals surface area contributed by atoms with Gasteiger partial charge in [-0.3, -0.25) is 4.79 Å². The van der Waals surface area contributed by atoms with Crippen molar-refractivity contribution in [3.63, 3.8) is 0 Å². The zero-order valence-electron chi connectivity index (χ0n) is 13.1. The Bertz CT molecular complexity index is 664. The molecule has 0 aliphatic carbocycles. The average molecular weight is 312 g/mol. The molecular formula is C18H20N2O3. The Hall–Kier alpha value is -2.40. The second-order valence-electron chi connectivity index (χ2n) is 5.59. The highest BCUT2D eigenvalue weighted by molar-refractivity contribution is 6.03. The Morgan fingerprint density at radius 3 is 2.83 bits per heavy atom. The fourth-order valence-corrected chi connectivity index (χ4v) is 2.47. The molecule has 1 N–H and O–H groups in total. The maximum atomic E-state index is 12.2. The smallest absolute Gasteiger partial charge is 0.256 e. The van der Waals surface area contributed by atoms with Gasteiger partial charge in [0.1, 0.15) is 18.2 Å². The molecule has 0 spiro atoms. The third-order valence-corrected chi connectivity index (χ3v) is 3.71. The molecule has 1 saturated heterocycles. The number of hydrogen-bond acceptors (Lipinski definition) is 4. The van der Waals surface area contributed by atoms with Crippen LogP contribution in [0.2, 0.25) is 0 Å². The molecule has 1 aliphatic rings. The van der Waals surface area contributed by atoms with E-state index in [4.69, 9.17) is 9.47 Å². The van der Waals surface area contributed by atoms with Crippen LogP contribution in [0.3, 0.4) is 0 Å². The molecule has 120 valence electrons. The minimum atomic E-state index is -0.186. The number of carbonyl (C=O) groups excluding carboxylic acids is 1. The zero-order valence-corrected chi connectivity index (χ0v) is 13.1. The molecule has 1 aliphatic heterocycles. The highest BCUT2D eigenvalue weighted by atomic mass is 16.5. The molecule has 1 aromatic carbocycles. The number of nitrogens with zero attached hydrogens (tertiary/aromatic N) is 1. The van der Waals surface area contributed by atoms with Gasteiger partial charge >= 0.3 is 0 Å². The van der Waals surface area contributed by atoms with Gasteiger partial charge in [0.05, 0.1) is 6.10 Å². The average Bonchev–Trinajstić information content (AvgIpc) is 3.07. The van der Waals surface area contributed by atoms with E-state index in [1.807, 2.05) is 19.1 Å². The molecule has 3 rings (SSSR count). The summed E-state index contributed by atoms with van der Waals surface area (Å²) in [5.74, 6) is 1.10. The first-order valence-corrected chi connectivity index (χ1v) is 7.80. The van der Waals surface area contributed by atoms with Crippen molar-refractivity contribution in [1.82, 2.24) is 4.98 Å². The van der Waals surface area contributed by atoms with E-state index in [1.54, 1.807) is 30.3 Å². The summed E-state index contributed by atoms with van der Waals surface area (Å²) in [4.78, 5) is 16.5. The summed E-state index contributed by atoms with van der Waals surface area (Å²) in [6.45, 7) is 3.26. The standard InChI is InChI=1S/C18H20N2O3/c1-13-4-2-6-17(19-13)20-18(21)14-7-9-15(10-8-14)23-12-16-5-3-11-22-16/h2,4,6-10,16H,3,5,11-12H2,1H3,(H,19,20,21). The van der Waals surface area contributed by atoms with Crippen molar-refractivity contribution in [2.24, 2.45) is 0 Å². The summed E-state index contributed by atoms with van der Waals surface area (Å²) in [6.07, 6.45) is 2.33. The van der Waals surface area contributed by atoms with Gasteiger partial charge in [-0.25, -0.2) is 4.98 Å². The maximum absolute atomic E-state index is 12.2. The summed E-state index contributed by atoms with van der Waals surface area (Å²) in [5.41, 5.74) is 1.43. The van der Waals surface area contributed by atoms with Gasteiger partial charge < -0.3 is 14.8 Å². The number of ether oxygens (including phenoxy) is 2. The Morgan fingerprint density at radius 1 is 1.30 bits per heavy atom. The minimum Gasteiger partial charge on any atom is -0.491 e. The number of carbonyl (C=O) groups is 1. The molecule has 23 heavy (non-hydrogen) atoms. The summed E-state index contributed by atoms with van der Waals surface area (Å²) in [7, 11) is 0. The third-order valence-electron chi connectivity index (χ3n) is 3.71. The molecule has 5 nitrogen and oxygen atoms in total. The SMILES string of the molecule is Cc1cccc(NC(=O)c2ccc(OCC3CCCO3)cc2)n1. The summed E-state index contributed by atoms with van der Waals surface area (Å²) in [5, 5.41) is 2.78. The molecule has 0 bridgehead atoms. The van der Waals surface area contributed by atoms with Crippen molar-refractivity contribution < 1.29 is 14.3 Å². The van der Waals surface area contributed by atoms with E-state index in [9.17, 15) is 4.79 Å². The van der Waals surface area contributed by atoms with Gasteiger partial charge in [0.15, 0.2) is 0 Å². The van der Waals surface area contributed by atoms with Crippen LogP contribution in [0.15, 0.2) is 42.5 Å². The van der Waals surface area contributed by atoms with Crippen molar-refractivity contribution in [2.75, 3.05) is 18.5 Å². The van der Waals surface area contributed by atoms with Gasteiger partial charge in [0.25, 0.3) is 5.91 Å². The van der Waals surface area contributed by atoms with Gasteiger partial charge in [-0.15, -0.1) is 0 Å². The molecule has 1 unspecified atom stereocenters. The largest absolute Gasteiger partial charge is 0.491 e. The topological polar surface area (TPSA) is 60.5 Å². The first-order chi connectivity index (χ1) is 11.2. The van der Waals surface area contributed by atoms with Crippen LogP contribution in [0.4, 0.5) is 5.82 Å². The number of benzene rings is 1. The van der Waals surface area contributed by atoms with Crippen molar-refractivity contribution >= 4 is 11.7 Å². The van der Waals surface area contributed by atoms with Crippen LogP contribution in [0.1, 0.15) is 28.9 Å². The predicted octanol–water partition coefficient (Wildman–Crippen LogP) is 3.20. The van der Waals surface area contributed by atoms with Gasteiger partial charge in [0.2, 0.25) is 0 Å². The number of rotatable bonds is 5. The number of anilines is 1. The third kappa shape index (κ3) is 4.29. The van der Waals surface area contributed by atoms with E-state index in [-0.39, 0.29) is 12.0 Å². The maximum Gasteiger partial charge on any atom is 0.256 e. The van der Waals surface area contributed by atoms with Crippen molar-refractivity contribution in [3.8, 4) is 5.75 Å². The Morgan fingerprint density at radius 2 is 2.13 bits per heavy atom. The summed E-state index contributed by atoms with van der Waals surface area (Å²) in [6, 6.07) is 12.6. The molecule has 1 atom stereocenters. The molecular weight excluding hydrogens is 292 g/mol. The zero-order chi connectivity index (χ0) is 16.1. The summed E-state index contributed by atoms with van der Waals surface area (Å²) < 4.78 is 11.2. The Labute approximate surface area is 135 Å². The lowest BCUT2D eigenvalue weighted by Gasteiger charge is -2.11. The number of amides is 1. The van der Waals surface area contributed by atoms with Crippen LogP contribution in [-0.2, 0) is 4.74 Å². The normalized spacial score (nSPS) is 17.0. The van der Waals surface area contributed by atoms with Crippen LogP contribution < -0.4 is 10.1 Å². The van der Waals surface area contributed by atoms with Crippen molar-refractivity contribution in [1.29, 1.82) is 0 Å². The lowest BCUT2D eigenvalue weighted by molar-refractivity contribution is 0.0679. The van der Waals surface area contributed by atoms with E-state index in [2.05, 4.69) is 10.3 Å². The Kier molecular flexibility index (Phi) is 4.88. The molecule has 1 aromatic heterocycles. The molecule has 1 amide bonds. The van der Waals surface area contributed by atoms with E-state index in [1.165, 1.54) is 0 Å². The molecule has 0 saturated carbocycles. The van der Waals surface area contributed by atoms with E-state index in [0.717, 1.165) is 30.9 Å². The van der Waals surface area contributed by atoms with Gasteiger partial charge in [-0.1, -0.05) is 6.07 Å². The second kappa shape index (κ2) is 7.24. The lowest BCUT2D eigenvalue weighted by Crippen LogP contribution is -2.16. The monoisotopic (exact) mass is 312 g/mol. The van der Waals surface area contributed by atoms with Crippen LogP contribution in [0.25, 0.3) is 0 Å². The fourth-order valence-electron chi connectivity index (χ4n) is 2.47. The molecule has 2 aromatic rings. The van der Waals surface area contributed by atoms with Gasteiger partial charge in [-0.2, -0.15) is 0 Å². The fraction of sp³-hybridized carbons (Fsp3) is 0.333. The molecule has 5 heteroatoms. The quantitative estimate of drug-likeness (QED) is 0.921. The first kappa shape index (κ1) is 15.5. The minimum absolute atomic E-state index is 0.186. The highest BCUT2D eigenvalue weighted by Gasteiger charge is 2.16. The van der Waals surface area contributed by atoms with Crippen molar-refractivity contribution in [2.45, 2.75) is 25.9 Å². The number of nitrogens with one attached hydrogen (secondary N) is 1. The van der Waals surface area contributed by atoms with E-state index >= 15 is 0 Å². The van der Waals surface area contributed by atoms with Crippen LogP contribution in [0.5, 0.6) is 5.75 Å². The second-order valence-corrected chi connectivity index (χ2v) is 5.59. The Balaban J connectivity index is 1.56. The summed E-state index contributed by atoms with van der Waals surface area (Å²) >= 11 is 0. The van der Waals surface area contributed by atoms with E-state index in [0.29, 0.717) is 18.0 Å². The van der Waals surface area contributed by atoms with Crippen molar-refractivity contribution in [3.05, 3.63) is 53.7 Å². The highest BCUT2D eigenvalue weighted by Crippen LogP contribution is 2.17. The van der Waals surface area contributed by atoms with Gasteiger partial charge in [-0.05, 0) is 56.2 Å².